The molecule has 5 heteroatoms. The zero-order valence-electron chi connectivity index (χ0n) is 12.8. The highest BCUT2D eigenvalue weighted by molar-refractivity contribution is 7.11. The lowest BCUT2D eigenvalue weighted by molar-refractivity contribution is 0.0349. The normalized spacial score (nSPS) is 13.1. The van der Waals surface area contributed by atoms with Gasteiger partial charge in [0.25, 0.3) is 0 Å². The molecule has 2 amide bonds. The van der Waals surface area contributed by atoms with E-state index in [1.807, 2.05) is 20.8 Å². The van der Waals surface area contributed by atoms with E-state index in [1.54, 1.807) is 11.3 Å². The fourth-order valence-corrected chi connectivity index (χ4v) is 2.99. The lowest BCUT2D eigenvalue weighted by atomic mass is 9.98. The lowest BCUT2D eigenvalue weighted by Gasteiger charge is -2.25. The highest BCUT2D eigenvalue weighted by Crippen LogP contribution is 2.16. The van der Waals surface area contributed by atoms with Gasteiger partial charge in [-0.2, -0.15) is 0 Å². The predicted octanol–water partition coefficient (Wildman–Crippen LogP) is 2.84. The Hall–Kier alpha value is -1.07. The number of carbonyl (C=O) groups is 1. The van der Waals surface area contributed by atoms with E-state index in [0.717, 1.165) is 6.42 Å². The van der Waals surface area contributed by atoms with Crippen molar-refractivity contribution in [1.29, 1.82) is 0 Å². The first-order valence-electron chi connectivity index (χ1n) is 7.20. The molecule has 4 nitrogen and oxygen atoms in total. The van der Waals surface area contributed by atoms with Gasteiger partial charge in [-0.15, -0.1) is 11.3 Å². The van der Waals surface area contributed by atoms with E-state index < -0.39 is 5.60 Å². The molecule has 0 radical (unpaired) electrons. The first-order valence-corrected chi connectivity index (χ1v) is 8.02. The molecule has 1 rings (SSSR count). The van der Waals surface area contributed by atoms with E-state index in [0.29, 0.717) is 12.8 Å². The summed E-state index contributed by atoms with van der Waals surface area (Å²) in [5.41, 5.74) is -0.800. The van der Waals surface area contributed by atoms with Gasteiger partial charge in [-0.1, -0.05) is 13.8 Å². The molecule has 0 bridgehead atoms. The minimum absolute atomic E-state index is 0.0735. The number of urea groups is 1. The van der Waals surface area contributed by atoms with E-state index in [-0.39, 0.29) is 18.6 Å². The van der Waals surface area contributed by atoms with Crippen molar-refractivity contribution in [2.75, 3.05) is 6.54 Å². The summed E-state index contributed by atoms with van der Waals surface area (Å²) in [4.78, 5) is 14.4. The third-order valence-corrected chi connectivity index (χ3v) is 4.60. The molecule has 0 fully saturated rings. The van der Waals surface area contributed by atoms with Crippen LogP contribution in [0.25, 0.3) is 0 Å². The zero-order valence-corrected chi connectivity index (χ0v) is 13.6. The Labute approximate surface area is 125 Å². The van der Waals surface area contributed by atoms with Gasteiger partial charge in [0.15, 0.2) is 0 Å². The van der Waals surface area contributed by atoms with Gasteiger partial charge in [0.1, 0.15) is 0 Å². The summed E-state index contributed by atoms with van der Waals surface area (Å²) >= 11 is 1.76. The maximum absolute atomic E-state index is 11.8. The van der Waals surface area contributed by atoms with E-state index in [1.165, 1.54) is 9.75 Å². The van der Waals surface area contributed by atoms with Crippen molar-refractivity contribution in [2.45, 2.75) is 58.6 Å². The Kier molecular flexibility index (Phi) is 6.49. The molecule has 0 saturated heterocycles. The van der Waals surface area contributed by atoms with Crippen LogP contribution in [-0.4, -0.2) is 29.3 Å². The largest absolute Gasteiger partial charge is 0.388 e. The highest BCUT2D eigenvalue weighted by atomic mass is 32.1. The fourth-order valence-electron chi connectivity index (χ4n) is 1.97. The molecule has 1 atom stereocenters. The third-order valence-electron chi connectivity index (χ3n) is 3.58. The summed E-state index contributed by atoms with van der Waals surface area (Å²) < 4.78 is 0. The second kappa shape index (κ2) is 7.64. The van der Waals surface area contributed by atoms with Crippen molar-refractivity contribution in [3.05, 3.63) is 21.9 Å². The number of nitrogens with one attached hydrogen (secondary N) is 2. The summed E-state index contributed by atoms with van der Waals surface area (Å²) in [6.07, 6.45) is 2.10. The Morgan fingerprint density at radius 1 is 1.40 bits per heavy atom. The van der Waals surface area contributed by atoms with Crippen molar-refractivity contribution in [3.63, 3.8) is 0 Å². The first-order chi connectivity index (χ1) is 9.38. The number of carbonyl (C=O) groups excluding carboxylic acids is 1. The number of hydrogen-bond donors (Lipinski definition) is 3. The van der Waals surface area contributed by atoms with E-state index in [4.69, 9.17) is 0 Å². The molecular formula is C15H26N2O2S. The van der Waals surface area contributed by atoms with Gasteiger partial charge in [-0.3, -0.25) is 0 Å². The summed E-state index contributed by atoms with van der Waals surface area (Å²) in [6, 6.07) is 4.05. The van der Waals surface area contributed by atoms with Crippen LogP contribution in [0.15, 0.2) is 12.1 Å². The zero-order chi connectivity index (χ0) is 15.2. The minimum Gasteiger partial charge on any atom is -0.388 e. The predicted molar refractivity (Wildman–Crippen MR) is 84.3 cm³/mol. The Morgan fingerprint density at radius 2 is 2.05 bits per heavy atom. The maximum atomic E-state index is 11.8. The molecule has 0 aliphatic heterocycles. The lowest BCUT2D eigenvalue weighted by Crippen LogP contribution is -2.48. The summed E-state index contributed by atoms with van der Waals surface area (Å²) in [7, 11) is 0. The van der Waals surface area contributed by atoms with Crippen molar-refractivity contribution in [2.24, 2.45) is 0 Å². The van der Waals surface area contributed by atoms with Crippen LogP contribution in [0.3, 0.4) is 0 Å². The maximum Gasteiger partial charge on any atom is 0.315 e. The van der Waals surface area contributed by atoms with Crippen LogP contribution >= 0.6 is 11.3 Å². The molecule has 20 heavy (non-hydrogen) atoms. The smallest absolute Gasteiger partial charge is 0.315 e. The van der Waals surface area contributed by atoms with E-state index >= 15 is 0 Å². The van der Waals surface area contributed by atoms with Crippen LogP contribution in [0.5, 0.6) is 0 Å². The molecule has 1 aromatic heterocycles. The van der Waals surface area contributed by atoms with E-state index in [2.05, 4.69) is 29.7 Å². The Balaban J connectivity index is 2.34. The standard InChI is InChI=1S/C15H26N2O2S/c1-5-15(19,6-2)10-16-14(18)17-11(3)9-13-8-7-12(4)20-13/h7-8,11,19H,5-6,9-10H2,1-4H3,(H2,16,17,18). The SMILES string of the molecule is CCC(O)(CC)CNC(=O)NC(C)Cc1ccc(C)s1. The Bertz CT molecular complexity index is 427. The quantitative estimate of drug-likeness (QED) is 0.725. The minimum atomic E-state index is -0.800. The number of aryl methyl sites for hydroxylation is 1. The first kappa shape index (κ1) is 17.0. The molecule has 1 heterocycles. The summed E-state index contributed by atoms with van der Waals surface area (Å²) in [5, 5.41) is 15.8. The van der Waals surface area contributed by atoms with Crippen molar-refractivity contribution >= 4 is 17.4 Å². The molecular weight excluding hydrogens is 272 g/mol. The van der Waals surface area contributed by atoms with Gasteiger partial charge in [0.05, 0.1) is 5.60 Å². The van der Waals surface area contributed by atoms with Gasteiger partial charge >= 0.3 is 6.03 Å². The topological polar surface area (TPSA) is 61.4 Å². The van der Waals surface area contributed by atoms with Crippen molar-refractivity contribution < 1.29 is 9.90 Å². The van der Waals surface area contributed by atoms with Crippen LogP contribution in [0.4, 0.5) is 4.79 Å². The number of rotatable bonds is 7. The molecule has 1 aromatic rings. The van der Waals surface area contributed by atoms with E-state index in [9.17, 15) is 9.90 Å². The number of thiophene rings is 1. The van der Waals surface area contributed by atoms with Gasteiger partial charge in [0.2, 0.25) is 0 Å². The molecule has 0 spiro atoms. The van der Waals surface area contributed by atoms with Crippen LogP contribution < -0.4 is 10.6 Å². The summed E-state index contributed by atoms with van der Waals surface area (Å²) in [5.74, 6) is 0. The van der Waals surface area contributed by atoms with Crippen LogP contribution in [0.1, 0.15) is 43.4 Å². The second-order valence-electron chi connectivity index (χ2n) is 5.38. The van der Waals surface area contributed by atoms with Crippen LogP contribution in [-0.2, 0) is 6.42 Å². The number of hydrogen-bond acceptors (Lipinski definition) is 3. The molecule has 0 aliphatic rings. The average molecular weight is 298 g/mol. The molecule has 0 aromatic carbocycles. The fraction of sp³-hybridized carbons (Fsp3) is 0.667. The molecule has 0 aliphatic carbocycles. The highest BCUT2D eigenvalue weighted by Gasteiger charge is 2.22. The third kappa shape index (κ3) is 5.51. The summed E-state index contributed by atoms with van der Waals surface area (Å²) in [6.45, 7) is 8.20. The van der Waals surface area contributed by atoms with Gasteiger partial charge in [0, 0.05) is 28.8 Å². The van der Waals surface area contributed by atoms with Crippen LogP contribution in [0, 0.1) is 6.92 Å². The number of amides is 2. The number of aliphatic hydroxyl groups is 1. The van der Waals surface area contributed by atoms with Gasteiger partial charge in [-0.05, 0) is 38.8 Å². The van der Waals surface area contributed by atoms with Crippen LogP contribution in [0.2, 0.25) is 0 Å². The van der Waals surface area contributed by atoms with Crippen molar-refractivity contribution in [3.8, 4) is 0 Å². The average Bonchev–Trinajstić information content (AvgIpc) is 2.81. The molecule has 114 valence electrons. The molecule has 3 N–H and O–H groups in total. The van der Waals surface area contributed by atoms with Gasteiger partial charge in [-0.25, -0.2) is 4.79 Å². The second-order valence-corrected chi connectivity index (χ2v) is 6.75. The van der Waals surface area contributed by atoms with Gasteiger partial charge < -0.3 is 15.7 Å². The monoisotopic (exact) mass is 298 g/mol. The molecule has 0 saturated carbocycles. The molecule has 1 unspecified atom stereocenters. The Morgan fingerprint density at radius 3 is 2.55 bits per heavy atom. The van der Waals surface area contributed by atoms with Crippen molar-refractivity contribution in [1.82, 2.24) is 10.6 Å².